The molecule has 24 heavy (non-hydrogen) atoms. The Balaban J connectivity index is 1.66. The first-order valence-corrected chi connectivity index (χ1v) is 7.67. The summed E-state index contributed by atoms with van der Waals surface area (Å²) in [6, 6.07) is 9.71. The van der Waals surface area contributed by atoms with Gasteiger partial charge in [0.15, 0.2) is 23.1 Å². The van der Waals surface area contributed by atoms with Crippen LogP contribution in [0.2, 0.25) is 0 Å². The van der Waals surface area contributed by atoms with Crippen molar-refractivity contribution in [1.82, 2.24) is 0 Å². The van der Waals surface area contributed by atoms with Gasteiger partial charge in [0.2, 0.25) is 5.91 Å². The number of ether oxygens (including phenoxy) is 3. The molecular formula is C18H18FNO4. The summed E-state index contributed by atoms with van der Waals surface area (Å²) < 4.78 is 29.7. The summed E-state index contributed by atoms with van der Waals surface area (Å²) in [6.07, 6.45) is 0.884. The first-order valence-electron chi connectivity index (χ1n) is 7.67. The lowest BCUT2D eigenvalue weighted by molar-refractivity contribution is -0.115. The number of hydrogen-bond acceptors (Lipinski definition) is 4. The van der Waals surface area contributed by atoms with E-state index in [0.29, 0.717) is 36.0 Å². The van der Waals surface area contributed by atoms with Crippen LogP contribution in [0.3, 0.4) is 0 Å². The summed E-state index contributed by atoms with van der Waals surface area (Å²) in [5.41, 5.74) is 1.18. The van der Waals surface area contributed by atoms with Gasteiger partial charge in [0.1, 0.15) is 0 Å². The van der Waals surface area contributed by atoms with Gasteiger partial charge >= 0.3 is 0 Å². The van der Waals surface area contributed by atoms with Gasteiger partial charge in [-0.05, 0) is 29.8 Å². The van der Waals surface area contributed by atoms with Crippen molar-refractivity contribution >= 4 is 11.6 Å². The number of carbonyl (C=O) groups excluding carboxylic acids is 1. The van der Waals surface area contributed by atoms with Crippen LogP contribution in [0.25, 0.3) is 0 Å². The van der Waals surface area contributed by atoms with Crippen molar-refractivity contribution in [3.8, 4) is 17.2 Å². The molecule has 0 radical (unpaired) electrons. The molecule has 0 unspecified atom stereocenters. The third-order valence-corrected chi connectivity index (χ3v) is 3.61. The number of carbonyl (C=O) groups is 1. The third kappa shape index (κ3) is 3.76. The quantitative estimate of drug-likeness (QED) is 0.935. The Morgan fingerprint density at radius 1 is 1.17 bits per heavy atom. The molecule has 0 aliphatic carbocycles. The molecule has 0 fully saturated rings. The minimum absolute atomic E-state index is 0.0648. The van der Waals surface area contributed by atoms with Crippen LogP contribution in [0.15, 0.2) is 36.4 Å². The van der Waals surface area contributed by atoms with Gasteiger partial charge in [0, 0.05) is 18.2 Å². The molecule has 2 aromatic carbocycles. The second-order valence-electron chi connectivity index (χ2n) is 5.41. The van der Waals surface area contributed by atoms with Crippen molar-refractivity contribution in [3.05, 3.63) is 47.8 Å². The smallest absolute Gasteiger partial charge is 0.228 e. The lowest BCUT2D eigenvalue weighted by Crippen LogP contribution is -2.14. The van der Waals surface area contributed by atoms with Gasteiger partial charge < -0.3 is 19.5 Å². The van der Waals surface area contributed by atoms with Gasteiger partial charge in [0.05, 0.1) is 26.7 Å². The zero-order chi connectivity index (χ0) is 16.9. The number of methoxy groups -OCH3 is 1. The Bertz CT molecular complexity index is 748. The van der Waals surface area contributed by atoms with Crippen molar-refractivity contribution in [3.63, 3.8) is 0 Å². The van der Waals surface area contributed by atoms with E-state index in [4.69, 9.17) is 14.2 Å². The highest BCUT2D eigenvalue weighted by atomic mass is 19.1. The second kappa shape index (κ2) is 7.21. The third-order valence-electron chi connectivity index (χ3n) is 3.61. The van der Waals surface area contributed by atoms with Crippen molar-refractivity contribution in [1.29, 1.82) is 0 Å². The van der Waals surface area contributed by atoms with Gasteiger partial charge in [-0.3, -0.25) is 4.79 Å². The maximum atomic E-state index is 13.7. The summed E-state index contributed by atoms with van der Waals surface area (Å²) in [7, 11) is 1.40. The average Bonchev–Trinajstić information content (AvgIpc) is 2.80. The van der Waals surface area contributed by atoms with E-state index >= 15 is 0 Å². The second-order valence-corrected chi connectivity index (χ2v) is 5.41. The van der Waals surface area contributed by atoms with Gasteiger partial charge in [0.25, 0.3) is 0 Å². The van der Waals surface area contributed by atoms with Gasteiger partial charge in [-0.25, -0.2) is 4.39 Å². The molecule has 0 aromatic heterocycles. The van der Waals surface area contributed by atoms with Gasteiger partial charge in [-0.2, -0.15) is 0 Å². The van der Waals surface area contributed by atoms with Crippen molar-refractivity contribution in [2.45, 2.75) is 12.8 Å². The Hall–Kier alpha value is -2.76. The van der Waals surface area contributed by atoms with Crippen LogP contribution in [0.4, 0.5) is 10.1 Å². The van der Waals surface area contributed by atoms with Crippen molar-refractivity contribution in [2.24, 2.45) is 0 Å². The Morgan fingerprint density at radius 3 is 2.71 bits per heavy atom. The van der Waals surface area contributed by atoms with Crippen LogP contribution in [0.5, 0.6) is 17.2 Å². The van der Waals surface area contributed by atoms with Crippen LogP contribution >= 0.6 is 0 Å². The lowest BCUT2D eigenvalue weighted by Gasteiger charge is -2.11. The molecule has 0 saturated heterocycles. The normalized spacial score (nSPS) is 13.1. The minimum Gasteiger partial charge on any atom is -0.494 e. The number of rotatable bonds is 4. The molecule has 126 valence electrons. The van der Waals surface area contributed by atoms with Crippen LogP contribution in [-0.2, 0) is 11.2 Å². The molecule has 5 nitrogen and oxygen atoms in total. The largest absolute Gasteiger partial charge is 0.494 e. The number of anilines is 1. The van der Waals surface area contributed by atoms with Crippen LogP contribution in [-0.4, -0.2) is 26.2 Å². The predicted octanol–water partition coefficient (Wildman–Crippen LogP) is 3.18. The first-order chi connectivity index (χ1) is 11.7. The summed E-state index contributed by atoms with van der Waals surface area (Å²) in [5, 5.41) is 2.78. The SMILES string of the molecule is COc1ccc(CC(=O)Nc2ccc3c(c2)OCCCO3)cc1F. The van der Waals surface area contributed by atoms with Crippen molar-refractivity contribution in [2.75, 3.05) is 25.6 Å². The van der Waals surface area contributed by atoms with Crippen LogP contribution in [0.1, 0.15) is 12.0 Å². The van der Waals surface area contributed by atoms with E-state index in [1.165, 1.54) is 19.2 Å². The van der Waals surface area contributed by atoms with Crippen molar-refractivity contribution < 1.29 is 23.4 Å². The van der Waals surface area contributed by atoms with E-state index in [0.717, 1.165) is 6.42 Å². The summed E-state index contributed by atoms with van der Waals surface area (Å²) >= 11 is 0. The minimum atomic E-state index is -0.488. The molecule has 3 rings (SSSR count). The molecule has 1 amide bonds. The molecule has 1 aliphatic heterocycles. The number of hydrogen-bond donors (Lipinski definition) is 1. The fourth-order valence-electron chi connectivity index (χ4n) is 2.45. The highest BCUT2D eigenvalue weighted by Gasteiger charge is 2.13. The molecule has 2 aromatic rings. The fourth-order valence-corrected chi connectivity index (χ4v) is 2.45. The maximum Gasteiger partial charge on any atom is 0.228 e. The van der Waals surface area contributed by atoms with E-state index in [-0.39, 0.29) is 18.1 Å². The topological polar surface area (TPSA) is 56.8 Å². The predicted molar refractivity (Wildman–Crippen MR) is 87.3 cm³/mol. The molecular weight excluding hydrogens is 313 g/mol. The molecule has 1 N–H and O–H groups in total. The number of amides is 1. The summed E-state index contributed by atoms with van der Waals surface area (Å²) in [6.45, 7) is 1.19. The first kappa shape index (κ1) is 16.1. The van der Waals surface area contributed by atoms with E-state index in [9.17, 15) is 9.18 Å². The molecule has 0 bridgehead atoms. The standard InChI is InChI=1S/C18H18FNO4/c1-22-15-5-3-12(9-14(15)19)10-18(21)20-13-4-6-16-17(11-13)24-8-2-7-23-16/h3-6,9,11H,2,7-8,10H2,1H3,(H,20,21). The number of fused-ring (bicyclic) bond motifs is 1. The van der Waals surface area contributed by atoms with Gasteiger partial charge in [-0.15, -0.1) is 0 Å². The van der Waals surface area contributed by atoms with E-state index in [1.807, 2.05) is 0 Å². The van der Waals surface area contributed by atoms with Crippen LogP contribution < -0.4 is 19.5 Å². The lowest BCUT2D eigenvalue weighted by atomic mass is 10.1. The molecule has 1 aliphatic rings. The van der Waals surface area contributed by atoms with E-state index in [1.54, 1.807) is 24.3 Å². The maximum absolute atomic E-state index is 13.7. The Labute approximate surface area is 139 Å². The number of halogens is 1. The molecule has 0 atom stereocenters. The Morgan fingerprint density at radius 2 is 1.96 bits per heavy atom. The summed E-state index contributed by atoms with van der Waals surface area (Å²) in [5.74, 6) is 0.706. The highest BCUT2D eigenvalue weighted by Crippen LogP contribution is 2.32. The highest BCUT2D eigenvalue weighted by molar-refractivity contribution is 5.92. The van der Waals surface area contributed by atoms with Crippen LogP contribution in [0, 0.1) is 5.82 Å². The number of nitrogens with one attached hydrogen (secondary N) is 1. The monoisotopic (exact) mass is 331 g/mol. The Kier molecular flexibility index (Phi) is 4.84. The van der Waals surface area contributed by atoms with E-state index < -0.39 is 5.82 Å². The average molecular weight is 331 g/mol. The zero-order valence-electron chi connectivity index (χ0n) is 13.3. The molecule has 6 heteroatoms. The number of benzene rings is 2. The summed E-state index contributed by atoms with van der Waals surface area (Å²) in [4.78, 5) is 12.1. The molecule has 0 spiro atoms. The zero-order valence-corrected chi connectivity index (χ0v) is 13.3. The van der Waals surface area contributed by atoms with E-state index in [2.05, 4.69) is 5.32 Å². The molecule has 1 heterocycles. The molecule has 0 saturated carbocycles. The fraction of sp³-hybridized carbons (Fsp3) is 0.278. The van der Waals surface area contributed by atoms with Gasteiger partial charge in [-0.1, -0.05) is 6.07 Å².